The Kier molecular flexibility index (Phi) is 8.31. The summed E-state index contributed by atoms with van der Waals surface area (Å²) in [6, 6.07) is 10.6. The van der Waals surface area contributed by atoms with Gasteiger partial charge in [0, 0.05) is 29.1 Å². The van der Waals surface area contributed by atoms with Crippen LogP contribution in [0.15, 0.2) is 47.0 Å². The van der Waals surface area contributed by atoms with Gasteiger partial charge in [0.2, 0.25) is 0 Å². The Morgan fingerprint density at radius 1 is 0.739 bits per heavy atom. The van der Waals surface area contributed by atoms with Gasteiger partial charge in [0.15, 0.2) is 0 Å². The van der Waals surface area contributed by atoms with Gasteiger partial charge in [-0.2, -0.15) is 0 Å². The molecule has 6 aromatic rings. The van der Waals surface area contributed by atoms with Crippen molar-refractivity contribution in [2.75, 3.05) is 0 Å². The van der Waals surface area contributed by atoms with Crippen molar-refractivity contribution in [1.82, 2.24) is 4.98 Å². The van der Waals surface area contributed by atoms with E-state index >= 15 is 0 Å². The van der Waals surface area contributed by atoms with Gasteiger partial charge in [-0.3, -0.25) is 4.98 Å². The molecule has 0 saturated heterocycles. The van der Waals surface area contributed by atoms with Crippen molar-refractivity contribution >= 4 is 158 Å². The lowest BCUT2D eigenvalue weighted by Gasteiger charge is -2.26. The predicted molar refractivity (Wildman–Crippen MR) is 229 cm³/mol. The number of nitrogens with zero attached hydrogens (tertiary/aromatic N) is 1. The molecule has 0 radical (unpaired) electrons. The quantitative estimate of drug-likeness (QED) is 0.115. The van der Waals surface area contributed by atoms with Gasteiger partial charge in [0.25, 0.3) is 0 Å². The SMILES string of the molecule is Bc1c(B)c(B)c2c(c1B)c(B)c(Cc1oc3c(-c4ccc(C(C)C)cn4)cccc3c1/C=C\C#C)c1c(B)c(B)c(B)c(B)c12. The zero-order valence-corrected chi connectivity index (χ0v) is 29.3. The highest BCUT2D eigenvalue weighted by Crippen LogP contribution is 2.36. The summed E-state index contributed by atoms with van der Waals surface area (Å²) in [5.41, 5.74) is 18.6. The third-order valence-electron chi connectivity index (χ3n) is 11.0. The molecule has 0 aliphatic heterocycles. The minimum absolute atomic E-state index is 0.424. The Labute approximate surface area is 281 Å². The fourth-order valence-corrected chi connectivity index (χ4v) is 7.56. The first kappa shape index (κ1) is 31.9. The number of para-hydroxylation sites is 1. The van der Waals surface area contributed by atoms with Gasteiger partial charge in [0.1, 0.15) is 82.0 Å². The molecule has 2 nitrogen and oxygen atoms in total. The average molecular weight is 584 g/mol. The zero-order valence-electron chi connectivity index (χ0n) is 29.3. The van der Waals surface area contributed by atoms with Crippen LogP contribution in [0, 0.1) is 12.3 Å². The molecule has 46 heavy (non-hydrogen) atoms. The standard InChI is InChI=1S/C35H36B9NO/c1-4-5-7-16-17-8-6-9-18(20-11-10-15(13-45-20)14(2)3)35(17)46-21(16)12-19-22-23(28(38)32(42)31(41)27(22)37)24-25(26(19)36)30(40)34(44)33(43)29(24)39/h1,5-11,13-14H,12,36-44H2,2-3H3/b7-5-. The van der Waals surface area contributed by atoms with Gasteiger partial charge in [0.05, 0.1) is 5.69 Å². The molecule has 6 rings (SSSR count). The summed E-state index contributed by atoms with van der Waals surface area (Å²) < 4.78 is 6.94. The Hall–Kier alpha value is -4.03. The van der Waals surface area contributed by atoms with E-state index in [-0.39, 0.29) is 0 Å². The summed E-state index contributed by atoms with van der Waals surface area (Å²) in [6.45, 7) is 4.38. The maximum absolute atomic E-state index is 6.94. The van der Waals surface area contributed by atoms with E-state index in [1.165, 1.54) is 81.8 Å². The van der Waals surface area contributed by atoms with E-state index in [1.807, 2.05) is 12.3 Å². The molecule has 0 fully saturated rings. The van der Waals surface area contributed by atoms with Gasteiger partial charge in [-0.15, -0.1) is 28.3 Å². The first-order valence-electron chi connectivity index (χ1n) is 16.4. The summed E-state index contributed by atoms with van der Waals surface area (Å²) in [5, 5.41) is 6.56. The van der Waals surface area contributed by atoms with Crippen LogP contribution in [0.5, 0.6) is 0 Å². The zero-order chi connectivity index (χ0) is 33.2. The molecule has 0 spiro atoms. The molecular formula is C35H36B9NO. The number of benzene rings is 4. The molecule has 0 atom stereocenters. The molecule has 4 aromatic carbocycles. The number of hydrogen-bond donors (Lipinski definition) is 0. The second-order valence-electron chi connectivity index (χ2n) is 13.5. The van der Waals surface area contributed by atoms with Gasteiger partial charge >= 0.3 is 0 Å². The lowest BCUT2D eigenvalue weighted by molar-refractivity contribution is 0.563. The Balaban J connectivity index is 1.70. The van der Waals surface area contributed by atoms with E-state index in [2.05, 4.69) is 121 Å². The van der Waals surface area contributed by atoms with Gasteiger partial charge in [-0.1, -0.05) is 65.3 Å². The lowest BCUT2D eigenvalue weighted by atomic mass is 9.58. The number of pyridine rings is 1. The van der Waals surface area contributed by atoms with Crippen molar-refractivity contribution in [2.24, 2.45) is 0 Å². The molecule has 0 saturated carbocycles. The van der Waals surface area contributed by atoms with Crippen LogP contribution in [0.25, 0.3) is 49.8 Å². The molecule has 0 unspecified atom stereocenters. The third kappa shape index (κ3) is 4.84. The van der Waals surface area contributed by atoms with Gasteiger partial charge < -0.3 is 4.42 Å². The minimum atomic E-state index is 0.424. The molecule has 2 heterocycles. The predicted octanol–water partition coefficient (Wildman–Crippen LogP) is -6.51. The van der Waals surface area contributed by atoms with Crippen molar-refractivity contribution in [1.29, 1.82) is 0 Å². The number of rotatable bonds is 5. The Bertz CT molecular complexity index is 2310. The van der Waals surface area contributed by atoms with Crippen molar-refractivity contribution in [3.63, 3.8) is 0 Å². The fourth-order valence-electron chi connectivity index (χ4n) is 7.56. The molecule has 0 amide bonds. The Morgan fingerprint density at radius 2 is 1.33 bits per heavy atom. The van der Waals surface area contributed by atoms with Crippen molar-refractivity contribution < 1.29 is 4.42 Å². The summed E-state index contributed by atoms with van der Waals surface area (Å²) >= 11 is 0. The van der Waals surface area contributed by atoms with Gasteiger partial charge in [-0.25, -0.2) is 0 Å². The van der Waals surface area contributed by atoms with Crippen LogP contribution in [0.1, 0.15) is 42.2 Å². The van der Waals surface area contributed by atoms with E-state index < -0.39 is 0 Å². The highest BCUT2D eigenvalue weighted by atomic mass is 16.3. The van der Waals surface area contributed by atoms with Crippen molar-refractivity contribution in [2.45, 2.75) is 26.2 Å². The molecule has 2 aromatic heterocycles. The molecule has 0 bridgehead atoms. The van der Waals surface area contributed by atoms with Crippen LogP contribution < -0.4 is 49.2 Å². The number of terminal acetylenes is 1. The van der Waals surface area contributed by atoms with Crippen molar-refractivity contribution in [3.05, 3.63) is 65.1 Å². The maximum Gasteiger partial charge on any atom is 0.144 e. The topological polar surface area (TPSA) is 26.0 Å². The highest BCUT2D eigenvalue weighted by Gasteiger charge is 2.24. The first-order valence-corrected chi connectivity index (χ1v) is 16.4. The van der Waals surface area contributed by atoms with Crippen LogP contribution in [0.2, 0.25) is 0 Å². The van der Waals surface area contributed by atoms with Crippen LogP contribution in [0.4, 0.5) is 0 Å². The van der Waals surface area contributed by atoms with E-state index in [4.69, 9.17) is 15.8 Å². The summed E-state index contributed by atoms with van der Waals surface area (Å²) in [6.07, 6.45) is 12.2. The highest BCUT2D eigenvalue weighted by molar-refractivity contribution is 6.72. The number of furan rings is 1. The normalized spacial score (nSPS) is 11.8. The van der Waals surface area contributed by atoms with Gasteiger partial charge in [-0.05, 0) is 62.9 Å². The van der Waals surface area contributed by atoms with Crippen molar-refractivity contribution in [3.8, 4) is 23.6 Å². The number of allylic oxidation sites excluding steroid dienone is 1. The summed E-state index contributed by atoms with van der Waals surface area (Å²) in [4.78, 5) is 4.86. The Morgan fingerprint density at radius 3 is 1.89 bits per heavy atom. The van der Waals surface area contributed by atoms with Crippen LogP contribution in [0.3, 0.4) is 0 Å². The fraction of sp³-hybridized carbons (Fsp3) is 0.114. The average Bonchev–Trinajstić information content (AvgIpc) is 3.40. The molecule has 214 valence electrons. The molecule has 11 heteroatoms. The first-order chi connectivity index (χ1) is 21.9. The second kappa shape index (κ2) is 12.0. The maximum atomic E-state index is 6.94. The summed E-state index contributed by atoms with van der Waals surface area (Å²) in [7, 11) is 20.6. The third-order valence-corrected chi connectivity index (χ3v) is 11.0. The molecular weight excluding hydrogens is 548 g/mol. The number of fused-ring (bicyclic) bond motifs is 4. The largest absolute Gasteiger partial charge is 0.459 e. The smallest absolute Gasteiger partial charge is 0.144 e. The van der Waals surface area contributed by atoms with Crippen LogP contribution in [-0.2, 0) is 6.42 Å². The summed E-state index contributed by atoms with van der Waals surface area (Å²) in [5.74, 6) is 4.06. The lowest BCUT2D eigenvalue weighted by Crippen LogP contribution is -2.52. The second-order valence-corrected chi connectivity index (χ2v) is 13.5. The van der Waals surface area contributed by atoms with E-state index in [0.29, 0.717) is 12.3 Å². The molecule has 0 N–H and O–H groups in total. The number of aromatic nitrogens is 1. The van der Waals surface area contributed by atoms with Crippen LogP contribution >= 0.6 is 0 Å². The molecule has 0 aliphatic carbocycles. The number of hydrogen-bond acceptors (Lipinski definition) is 2. The van der Waals surface area contributed by atoms with E-state index in [1.54, 1.807) is 6.08 Å². The van der Waals surface area contributed by atoms with Crippen LogP contribution in [-0.4, -0.2) is 75.6 Å². The van der Waals surface area contributed by atoms with E-state index in [0.717, 1.165) is 33.6 Å². The van der Waals surface area contributed by atoms with E-state index in [9.17, 15) is 0 Å². The minimum Gasteiger partial charge on any atom is -0.459 e. The molecule has 0 aliphatic rings. The monoisotopic (exact) mass is 585 g/mol.